The summed E-state index contributed by atoms with van der Waals surface area (Å²) in [7, 11) is 1.68. The second kappa shape index (κ2) is 12.0. The van der Waals surface area contributed by atoms with Gasteiger partial charge in [0.2, 0.25) is 0 Å². The van der Waals surface area contributed by atoms with E-state index in [0.29, 0.717) is 13.2 Å². The van der Waals surface area contributed by atoms with E-state index in [1.807, 2.05) is 6.07 Å². The highest BCUT2D eigenvalue weighted by Crippen LogP contribution is 2.26. The molecular formula is C17H28BrNO2. The lowest BCUT2D eigenvalue weighted by atomic mass is 10.1. The number of hydrogen-bond acceptors (Lipinski definition) is 3. The molecule has 0 aliphatic heterocycles. The van der Waals surface area contributed by atoms with Crippen LogP contribution in [0.4, 0.5) is 0 Å². The van der Waals surface area contributed by atoms with E-state index in [0.717, 1.165) is 29.7 Å². The van der Waals surface area contributed by atoms with Crippen molar-refractivity contribution < 1.29 is 9.47 Å². The SMILES string of the molecule is CCNCCCCCCc1ccc(OCCOC)c(Br)c1. The molecule has 0 bridgehead atoms. The van der Waals surface area contributed by atoms with Crippen molar-refractivity contribution in [2.24, 2.45) is 0 Å². The zero-order valence-corrected chi connectivity index (χ0v) is 14.9. The Bertz CT molecular complexity index is 385. The Morgan fingerprint density at radius 3 is 2.62 bits per heavy atom. The minimum atomic E-state index is 0.584. The van der Waals surface area contributed by atoms with E-state index in [1.165, 1.54) is 31.2 Å². The molecule has 0 spiro atoms. The molecule has 1 rings (SSSR count). The molecule has 1 N–H and O–H groups in total. The predicted octanol–water partition coefficient (Wildman–Crippen LogP) is 4.19. The lowest BCUT2D eigenvalue weighted by Crippen LogP contribution is -2.13. The Hall–Kier alpha value is -0.580. The van der Waals surface area contributed by atoms with Crippen LogP contribution in [0.5, 0.6) is 5.75 Å². The van der Waals surface area contributed by atoms with E-state index in [-0.39, 0.29) is 0 Å². The average Bonchev–Trinajstić information content (AvgIpc) is 2.48. The minimum Gasteiger partial charge on any atom is -0.490 e. The largest absolute Gasteiger partial charge is 0.490 e. The summed E-state index contributed by atoms with van der Waals surface area (Å²) in [5.41, 5.74) is 1.37. The van der Waals surface area contributed by atoms with Gasteiger partial charge in [-0.05, 0) is 66.0 Å². The fraction of sp³-hybridized carbons (Fsp3) is 0.647. The molecule has 21 heavy (non-hydrogen) atoms. The van der Waals surface area contributed by atoms with Crippen molar-refractivity contribution in [1.82, 2.24) is 5.32 Å². The fourth-order valence-electron chi connectivity index (χ4n) is 2.16. The number of unbranched alkanes of at least 4 members (excludes halogenated alkanes) is 3. The summed E-state index contributed by atoms with van der Waals surface area (Å²) in [6.07, 6.45) is 6.28. The van der Waals surface area contributed by atoms with Crippen LogP contribution in [0, 0.1) is 0 Å². The van der Waals surface area contributed by atoms with Crippen molar-refractivity contribution in [3.8, 4) is 5.75 Å². The van der Waals surface area contributed by atoms with Gasteiger partial charge in [0.05, 0.1) is 11.1 Å². The van der Waals surface area contributed by atoms with Gasteiger partial charge in [0.1, 0.15) is 12.4 Å². The zero-order chi connectivity index (χ0) is 15.3. The molecule has 0 heterocycles. The Labute approximate surface area is 137 Å². The Morgan fingerprint density at radius 2 is 1.90 bits per heavy atom. The molecule has 0 amide bonds. The second-order valence-corrected chi connectivity index (χ2v) is 5.98. The monoisotopic (exact) mass is 357 g/mol. The van der Waals surface area contributed by atoms with Crippen LogP contribution in [0.15, 0.2) is 22.7 Å². The highest BCUT2D eigenvalue weighted by Gasteiger charge is 2.03. The average molecular weight is 358 g/mol. The van der Waals surface area contributed by atoms with Gasteiger partial charge in [-0.25, -0.2) is 0 Å². The van der Waals surface area contributed by atoms with Crippen molar-refractivity contribution in [1.29, 1.82) is 0 Å². The summed E-state index contributed by atoms with van der Waals surface area (Å²) in [5.74, 6) is 0.890. The first-order valence-electron chi connectivity index (χ1n) is 7.88. The van der Waals surface area contributed by atoms with Gasteiger partial charge in [0, 0.05) is 7.11 Å². The van der Waals surface area contributed by atoms with Crippen LogP contribution in [0.3, 0.4) is 0 Å². The number of rotatable bonds is 12. The summed E-state index contributed by atoms with van der Waals surface area (Å²) in [5, 5.41) is 3.36. The van der Waals surface area contributed by atoms with E-state index in [1.54, 1.807) is 7.11 Å². The molecule has 120 valence electrons. The van der Waals surface area contributed by atoms with Gasteiger partial charge >= 0.3 is 0 Å². The van der Waals surface area contributed by atoms with Gasteiger partial charge in [-0.2, -0.15) is 0 Å². The number of hydrogen-bond donors (Lipinski definition) is 1. The predicted molar refractivity (Wildman–Crippen MR) is 92.2 cm³/mol. The molecule has 0 radical (unpaired) electrons. The first-order chi connectivity index (χ1) is 10.3. The van der Waals surface area contributed by atoms with Crippen LogP contribution in [-0.2, 0) is 11.2 Å². The number of halogens is 1. The van der Waals surface area contributed by atoms with Crippen LogP contribution < -0.4 is 10.1 Å². The summed E-state index contributed by atoms with van der Waals surface area (Å²) in [6.45, 7) is 5.57. The van der Waals surface area contributed by atoms with Crippen molar-refractivity contribution in [3.63, 3.8) is 0 Å². The van der Waals surface area contributed by atoms with E-state index >= 15 is 0 Å². The Balaban J connectivity index is 2.22. The highest BCUT2D eigenvalue weighted by molar-refractivity contribution is 9.10. The van der Waals surface area contributed by atoms with Gasteiger partial charge in [-0.3, -0.25) is 0 Å². The van der Waals surface area contributed by atoms with Gasteiger partial charge < -0.3 is 14.8 Å². The lowest BCUT2D eigenvalue weighted by Gasteiger charge is -2.09. The second-order valence-electron chi connectivity index (χ2n) is 5.12. The number of methoxy groups -OCH3 is 1. The number of benzene rings is 1. The molecule has 1 aromatic carbocycles. The molecule has 3 nitrogen and oxygen atoms in total. The molecule has 4 heteroatoms. The van der Waals surface area contributed by atoms with Crippen LogP contribution in [0.25, 0.3) is 0 Å². The van der Waals surface area contributed by atoms with E-state index in [9.17, 15) is 0 Å². The summed E-state index contributed by atoms with van der Waals surface area (Å²) < 4.78 is 11.6. The van der Waals surface area contributed by atoms with Gasteiger partial charge in [-0.15, -0.1) is 0 Å². The zero-order valence-electron chi connectivity index (χ0n) is 13.3. The van der Waals surface area contributed by atoms with Gasteiger partial charge in [0.25, 0.3) is 0 Å². The van der Waals surface area contributed by atoms with Crippen molar-refractivity contribution in [2.45, 2.75) is 39.0 Å². The maximum Gasteiger partial charge on any atom is 0.133 e. The van der Waals surface area contributed by atoms with Gasteiger partial charge in [0.15, 0.2) is 0 Å². The Morgan fingerprint density at radius 1 is 1.10 bits per heavy atom. The quantitative estimate of drug-likeness (QED) is 0.569. The molecule has 0 fully saturated rings. The van der Waals surface area contributed by atoms with Crippen molar-refractivity contribution in [2.75, 3.05) is 33.4 Å². The number of aryl methyl sites for hydroxylation is 1. The standard InChI is InChI=1S/C17H28BrNO2/c1-3-19-11-7-5-4-6-8-15-9-10-17(16(18)14-15)21-13-12-20-2/h9-10,14,19H,3-8,11-13H2,1-2H3. The molecule has 0 aromatic heterocycles. The molecule has 0 saturated heterocycles. The molecular weight excluding hydrogens is 330 g/mol. The lowest BCUT2D eigenvalue weighted by molar-refractivity contribution is 0.146. The first kappa shape index (κ1) is 18.5. The highest BCUT2D eigenvalue weighted by atomic mass is 79.9. The third kappa shape index (κ3) is 8.44. The van der Waals surface area contributed by atoms with Crippen molar-refractivity contribution in [3.05, 3.63) is 28.2 Å². The number of nitrogens with one attached hydrogen (secondary N) is 1. The summed E-state index contributed by atoms with van der Waals surface area (Å²) >= 11 is 3.58. The molecule has 0 saturated carbocycles. The van der Waals surface area contributed by atoms with Crippen molar-refractivity contribution >= 4 is 15.9 Å². The van der Waals surface area contributed by atoms with Crippen LogP contribution in [0.1, 0.15) is 38.2 Å². The van der Waals surface area contributed by atoms with Crippen LogP contribution >= 0.6 is 15.9 Å². The smallest absolute Gasteiger partial charge is 0.133 e. The normalized spacial score (nSPS) is 10.8. The molecule has 0 atom stereocenters. The van der Waals surface area contributed by atoms with E-state index < -0.39 is 0 Å². The third-order valence-corrected chi connectivity index (χ3v) is 3.98. The molecule has 0 aliphatic carbocycles. The Kier molecular flexibility index (Phi) is 10.6. The van der Waals surface area contributed by atoms with Crippen LogP contribution in [0.2, 0.25) is 0 Å². The molecule has 1 aromatic rings. The summed E-state index contributed by atoms with van der Waals surface area (Å²) in [6, 6.07) is 6.37. The van der Waals surface area contributed by atoms with Gasteiger partial charge in [-0.1, -0.05) is 25.8 Å². The maximum absolute atomic E-state index is 5.63. The van der Waals surface area contributed by atoms with E-state index in [4.69, 9.17) is 9.47 Å². The third-order valence-electron chi connectivity index (χ3n) is 3.36. The minimum absolute atomic E-state index is 0.584. The molecule has 0 aliphatic rings. The van der Waals surface area contributed by atoms with E-state index in [2.05, 4.69) is 40.3 Å². The maximum atomic E-state index is 5.63. The fourth-order valence-corrected chi connectivity index (χ4v) is 2.70. The summed E-state index contributed by atoms with van der Waals surface area (Å²) in [4.78, 5) is 0. The number of ether oxygens (including phenoxy) is 2. The first-order valence-corrected chi connectivity index (χ1v) is 8.68. The van der Waals surface area contributed by atoms with Crippen LogP contribution in [-0.4, -0.2) is 33.4 Å². The molecule has 0 unspecified atom stereocenters. The topological polar surface area (TPSA) is 30.5 Å².